The Bertz CT molecular complexity index is 627. The highest BCUT2D eigenvalue weighted by Crippen LogP contribution is 2.30. The van der Waals surface area contributed by atoms with Crippen molar-refractivity contribution >= 4 is 11.7 Å². The van der Waals surface area contributed by atoms with Gasteiger partial charge in [-0.3, -0.25) is 0 Å². The molecule has 116 valence electrons. The van der Waals surface area contributed by atoms with Crippen LogP contribution in [0.5, 0.6) is 0 Å². The molecule has 0 heterocycles. The lowest BCUT2D eigenvalue weighted by atomic mass is 10.1. The largest absolute Gasteiger partial charge is 0.416 e. The molecular weight excluding hydrogens is 293 g/mol. The van der Waals surface area contributed by atoms with Crippen LogP contribution in [0.1, 0.15) is 11.1 Å². The van der Waals surface area contributed by atoms with Crippen molar-refractivity contribution < 1.29 is 18.0 Å². The number of alkyl halides is 3. The van der Waals surface area contributed by atoms with Crippen LogP contribution in [0.2, 0.25) is 0 Å². The van der Waals surface area contributed by atoms with E-state index in [-0.39, 0.29) is 5.69 Å². The van der Waals surface area contributed by atoms with E-state index in [4.69, 9.17) is 0 Å². The van der Waals surface area contributed by atoms with E-state index in [1.165, 1.54) is 12.1 Å². The third kappa shape index (κ3) is 4.80. The summed E-state index contributed by atoms with van der Waals surface area (Å²) in [6, 6.07) is 13.6. The molecule has 0 aromatic heterocycles. The lowest BCUT2D eigenvalue weighted by molar-refractivity contribution is -0.137. The molecule has 0 bridgehead atoms. The Kier molecular flexibility index (Phi) is 5.04. The summed E-state index contributed by atoms with van der Waals surface area (Å²) in [6.45, 7) is 0.398. The minimum absolute atomic E-state index is 0.104. The number of benzene rings is 2. The summed E-state index contributed by atoms with van der Waals surface area (Å²) in [5, 5.41) is 5.00. The molecule has 0 saturated carbocycles. The molecule has 0 unspecified atom stereocenters. The van der Waals surface area contributed by atoms with Crippen molar-refractivity contribution in [3.05, 3.63) is 65.7 Å². The van der Waals surface area contributed by atoms with E-state index in [1.54, 1.807) is 0 Å². The van der Waals surface area contributed by atoms with Crippen LogP contribution in [-0.2, 0) is 12.6 Å². The van der Waals surface area contributed by atoms with E-state index in [1.807, 2.05) is 30.3 Å². The fraction of sp³-hybridized carbons (Fsp3) is 0.188. The molecule has 2 amide bonds. The highest BCUT2D eigenvalue weighted by atomic mass is 19.4. The second-order valence-corrected chi connectivity index (χ2v) is 4.70. The Labute approximate surface area is 126 Å². The van der Waals surface area contributed by atoms with E-state index in [9.17, 15) is 18.0 Å². The van der Waals surface area contributed by atoms with E-state index in [2.05, 4.69) is 10.6 Å². The smallest absolute Gasteiger partial charge is 0.338 e. The number of carbonyl (C=O) groups excluding carboxylic acids is 1. The fourth-order valence-corrected chi connectivity index (χ4v) is 1.91. The number of hydrogen-bond donors (Lipinski definition) is 2. The lowest BCUT2D eigenvalue weighted by Crippen LogP contribution is -2.30. The van der Waals surface area contributed by atoms with Crippen molar-refractivity contribution in [1.82, 2.24) is 5.32 Å². The summed E-state index contributed by atoms with van der Waals surface area (Å²) < 4.78 is 37.7. The molecule has 0 fully saturated rings. The Morgan fingerprint density at radius 2 is 1.73 bits per heavy atom. The number of anilines is 1. The average Bonchev–Trinajstić information content (AvgIpc) is 2.48. The molecule has 2 aromatic rings. The Hall–Kier alpha value is -2.50. The van der Waals surface area contributed by atoms with Crippen LogP contribution in [-0.4, -0.2) is 12.6 Å². The van der Waals surface area contributed by atoms with Gasteiger partial charge in [-0.1, -0.05) is 36.4 Å². The van der Waals surface area contributed by atoms with E-state index < -0.39 is 17.8 Å². The molecule has 2 rings (SSSR count). The van der Waals surface area contributed by atoms with Gasteiger partial charge in [0.25, 0.3) is 0 Å². The van der Waals surface area contributed by atoms with Gasteiger partial charge < -0.3 is 10.6 Å². The average molecular weight is 308 g/mol. The van der Waals surface area contributed by atoms with Crippen molar-refractivity contribution in [1.29, 1.82) is 0 Å². The minimum Gasteiger partial charge on any atom is -0.338 e. The summed E-state index contributed by atoms with van der Waals surface area (Å²) >= 11 is 0. The van der Waals surface area contributed by atoms with Gasteiger partial charge in [0.05, 0.1) is 5.56 Å². The van der Waals surface area contributed by atoms with E-state index in [0.29, 0.717) is 13.0 Å². The van der Waals surface area contributed by atoms with Gasteiger partial charge in [-0.2, -0.15) is 13.2 Å². The Morgan fingerprint density at radius 3 is 2.41 bits per heavy atom. The molecule has 0 saturated heterocycles. The highest BCUT2D eigenvalue weighted by Gasteiger charge is 2.30. The van der Waals surface area contributed by atoms with Crippen LogP contribution in [0, 0.1) is 0 Å². The summed E-state index contributed by atoms with van der Waals surface area (Å²) in [4.78, 5) is 11.7. The lowest BCUT2D eigenvalue weighted by Gasteiger charge is -2.10. The van der Waals surface area contributed by atoms with E-state index >= 15 is 0 Å². The maximum absolute atomic E-state index is 12.6. The first kappa shape index (κ1) is 15.9. The third-order valence-electron chi connectivity index (χ3n) is 2.99. The van der Waals surface area contributed by atoms with Crippen molar-refractivity contribution in [2.75, 3.05) is 11.9 Å². The molecule has 22 heavy (non-hydrogen) atoms. The van der Waals surface area contributed by atoms with Gasteiger partial charge in [0.1, 0.15) is 0 Å². The topological polar surface area (TPSA) is 41.1 Å². The quantitative estimate of drug-likeness (QED) is 0.878. The van der Waals surface area contributed by atoms with Crippen LogP contribution in [0.25, 0.3) is 0 Å². The number of rotatable bonds is 4. The van der Waals surface area contributed by atoms with Gasteiger partial charge in [-0.25, -0.2) is 4.79 Å². The zero-order valence-electron chi connectivity index (χ0n) is 11.7. The van der Waals surface area contributed by atoms with Crippen LogP contribution in [0.15, 0.2) is 54.6 Å². The highest BCUT2D eigenvalue weighted by molar-refractivity contribution is 5.89. The van der Waals surface area contributed by atoms with Crippen molar-refractivity contribution in [2.45, 2.75) is 12.6 Å². The summed E-state index contributed by atoms with van der Waals surface area (Å²) in [5.74, 6) is 0. The second kappa shape index (κ2) is 6.98. The first-order valence-corrected chi connectivity index (χ1v) is 6.71. The van der Waals surface area contributed by atoms with Crippen LogP contribution < -0.4 is 10.6 Å². The van der Waals surface area contributed by atoms with Crippen molar-refractivity contribution in [3.63, 3.8) is 0 Å². The first-order chi connectivity index (χ1) is 10.4. The molecule has 2 N–H and O–H groups in total. The zero-order valence-corrected chi connectivity index (χ0v) is 11.7. The van der Waals surface area contributed by atoms with Gasteiger partial charge in [-0.15, -0.1) is 0 Å². The van der Waals surface area contributed by atoms with E-state index in [0.717, 1.165) is 17.7 Å². The van der Waals surface area contributed by atoms with Gasteiger partial charge in [0, 0.05) is 12.2 Å². The number of amides is 2. The number of halogens is 3. The van der Waals surface area contributed by atoms with Gasteiger partial charge in [0.15, 0.2) is 0 Å². The number of hydrogen-bond acceptors (Lipinski definition) is 1. The van der Waals surface area contributed by atoms with Crippen LogP contribution in [0.3, 0.4) is 0 Å². The maximum atomic E-state index is 12.6. The van der Waals surface area contributed by atoms with Gasteiger partial charge in [0.2, 0.25) is 0 Å². The first-order valence-electron chi connectivity index (χ1n) is 6.71. The third-order valence-corrected chi connectivity index (χ3v) is 2.99. The molecular formula is C16H15F3N2O. The molecule has 6 heteroatoms. The van der Waals surface area contributed by atoms with Gasteiger partial charge in [-0.05, 0) is 30.2 Å². The Morgan fingerprint density at radius 1 is 1.00 bits per heavy atom. The van der Waals surface area contributed by atoms with Crippen LogP contribution >= 0.6 is 0 Å². The molecule has 0 aliphatic rings. The molecule has 0 aliphatic carbocycles. The predicted molar refractivity (Wildman–Crippen MR) is 78.6 cm³/mol. The number of urea groups is 1. The summed E-state index contributed by atoms with van der Waals surface area (Å²) in [7, 11) is 0. The van der Waals surface area contributed by atoms with Crippen LogP contribution in [0.4, 0.5) is 23.7 Å². The molecule has 3 nitrogen and oxygen atoms in total. The monoisotopic (exact) mass is 308 g/mol. The molecule has 0 atom stereocenters. The standard InChI is InChI=1S/C16H15F3N2O/c17-16(18,19)13-7-4-8-14(11-13)21-15(22)20-10-9-12-5-2-1-3-6-12/h1-8,11H,9-10H2,(H2,20,21,22). The number of carbonyl (C=O) groups is 1. The fourth-order valence-electron chi connectivity index (χ4n) is 1.91. The molecule has 0 radical (unpaired) electrons. The molecule has 0 spiro atoms. The minimum atomic E-state index is -4.43. The summed E-state index contributed by atoms with van der Waals surface area (Å²) in [6.07, 6.45) is -3.78. The zero-order chi connectivity index (χ0) is 16.0. The SMILES string of the molecule is O=C(NCCc1ccccc1)Nc1cccc(C(F)(F)F)c1. The Balaban J connectivity index is 1.84. The molecule has 2 aromatic carbocycles. The maximum Gasteiger partial charge on any atom is 0.416 e. The summed E-state index contributed by atoms with van der Waals surface area (Å²) in [5.41, 5.74) is 0.378. The van der Waals surface area contributed by atoms with Crippen molar-refractivity contribution in [3.8, 4) is 0 Å². The van der Waals surface area contributed by atoms with Gasteiger partial charge >= 0.3 is 12.2 Å². The number of nitrogens with one attached hydrogen (secondary N) is 2. The predicted octanol–water partition coefficient (Wildman–Crippen LogP) is 4.07. The normalized spacial score (nSPS) is 11.0. The van der Waals surface area contributed by atoms with Crippen molar-refractivity contribution in [2.24, 2.45) is 0 Å². The second-order valence-electron chi connectivity index (χ2n) is 4.70. The molecule has 0 aliphatic heterocycles.